The lowest BCUT2D eigenvalue weighted by Crippen LogP contribution is -2.25. The molecule has 1 heterocycles. The van der Waals surface area contributed by atoms with Crippen molar-refractivity contribution in [3.63, 3.8) is 0 Å². The van der Waals surface area contributed by atoms with Crippen LogP contribution in [0, 0.1) is 6.92 Å². The minimum atomic E-state index is -3.76. The first-order valence-corrected chi connectivity index (χ1v) is 14.1. The van der Waals surface area contributed by atoms with Gasteiger partial charge >= 0.3 is 0 Å². The minimum absolute atomic E-state index is 0.0841. The van der Waals surface area contributed by atoms with Gasteiger partial charge in [0.1, 0.15) is 0 Å². The summed E-state index contributed by atoms with van der Waals surface area (Å²) in [5.41, 5.74) is 2.87. The largest absolute Gasteiger partial charge is 0.271 e. The van der Waals surface area contributed by atoms with Crippen LogP contribution in [0.1, 0.15) is 17.0 Å². The van der Waals surface area contributed by atoms with Gasteiger partial charge in [-0.3, -0.25) is 4.57 Å². The molecular weight excluding hydrogens is 579 g/mol. The number of aromatic nitrogens is 3. The molecule has 0 saturated carbocycles. The normalized spacial score (nSPS) is 11.6. The molecule has 0 radical (unpaired) electrons. The number of sulfonamides is 1. The van der Waals surface area contributed by atoms with Crippen LogP contribution < -0.4 is 4.72 Å². The van der Waals surface area contributed by atoms with E-state index in [4.69, 9.17) is 23.2 Å². The molecule has 1 N–H and O–H groups in total. The smallest absolute Gasteiger partial charge is 0.240 e. The zero-order valence-electron chi connectivity index (χ0n) is 17.9. The number of aryl methyl sites for hydroxylation is 1. The molecule has 0 bridgehead atoms. The summed E-state index contributed by atoms with van der Waals surface area (Å²) >= 11 is 17.5. The summed E-state index contributed by atoms with van der Waals surface area (Å²) in [4.78, 5) is 0.150. The van der Waals surface area contributed by atoms with E-state index in [-0.39, 0.29) is 11.4 Å². The molecule has 0 aliphatic carbocycles. The molecule has 0 amide bonds. The number of hydrogen-bond acceptors (Lipinski definition) is 5. The summed E-state index contributed by atoms with van der Waals surface area (Å²) < 4.78 is 30.7. The quantitative estimate of drug-likeness (QED) is 0.237. The molecule has 34 heavy (non-hydrogen) atoms. The lowest BCUT2D eigenvalue weighted by Gasteiger charge is -2.13. The zero-order chi connectivity index (χ0) is 24.3. The number of hydrogen-bond donors (Lipinski definition) is 1. The molecular formula is C23H19BrCl2N4O2S2. The third kappa shape index (κ3) is 6.02. The van der Waals surface area contributed by atoms with E-state index in [0.717, 1.165) is 10.0 Å². The van der Waals surface area contributed by atoms with E-state index >= 15 is 0 Å². The van der Waals surface area contributed by atoms with Crippen molar-refractivity contribution in [2.45, 2.75) is 29.3 Å². The Balaban J connectivity index is 1.65. The van der Waals surface area contributed by atoms with E-state index in [1.807, 2.05) is 25.1 Å². The number of thioether (sulfide) groups is 1. The van der Waals surface area contributed by atoms with Crippen LogP contribution in [0.25, 0.3) is 5.69 Å². The Bertz CT molecular complexity index is 1430. The number of nitrogens with one attached hydrogen (secondary N) is 1. The fourth-order valence-electron chi connectivity index (χ4n) is 3.21. The fraction of sp³-hybridized carbons (Fsp3) is 0.130. The second-order valence-electron chi connectivity index (χ2n) is 7.39. The van der Waals surface area contributed by atoms with Crippen molar-refractivity contribution in [1.29, 1.82) is 0 Å². The predicted octanol–water partition coefficient (Wildman–Crippen LogP) is 6.42. The van der Waals surface area contributed by atoms with Gasteiger partial charge in [-0.05, 0) is 55.0 Å². The molecule has 11 heteroatoms. The van der Waals surface area contributed by atoms with Crippen LogP contribution in [0.2, 0.25) is 10.0 Å². The highest BCUT2D eigenvalue weighted by atomic mass is 79.9. The van der Waals surface area contributed by atoms with Gasteiger partial charge in [0.25, 0.3) is 0 Å². The Kier molecular flexibility index (Phi) is 8.01. The van der Waals surface area contributed by atoms with Crippen LogP contribution >= 0.6 is 50.9 Å². The van der Waals surface area contributed by atoms with Crippen LogP contribution in [0.4, 0.5) is 0 Å². The molecule has 4 rings (SSSR count). The highest BCUT2D eigenvalue weighted by molar-refractivity contribution is 9.10. The molecule has 3 aromatic carbocycles. The Labute approximate surface area is 220 Å². The molecule has 1 aromatic heterocycles. The van der Waals surface area contributed by atoms with Gasteiger partial charge in [-0.2, -0.15) is 0 Å². The average molecular weight is 598 g/mol. The predicted molar refractivity (Wildman–Crippen MR) is 140 cm³/mol. The summed E-state index contributed by atoms with van der Waals surface area (Å²) in [5.74, 6) is 1.04. The highest BCUT2D eigenvalue weighted by Gasteiger charge is 2.20. The summed E-state index contributed by atoms with van der Waals surface area (Å²) in [6.07, 6.45) is 0. The Morgan fingerprint density at radius 2 is 1.79 bits per heavy atom. The second-order valence-corrected chi connectivity index (χ2v) is 11.9. The lowest BCUT2D eigenvalue weighted by atomic mass is 10.2. The summed E-state index contributed by atoms with van der Waals surface area (Å²) in [6, 6.07) is 19.7. The van der Waals surface area contributed by atoms with Crippen molar-refractivity contribution in [1.82, 2.24) is 19.5 Å². The van der Waals surface area contributed by atoms with Crippen LogP contribution in [-0.4, -0.2) is 23.2 Å². The van der Waals surface area contributed by atoms with Crippen molar-refractivity contribution in [2.24, 2.45) is 0 Å². The second kappa shape index (κ2) is 10.8. The molecule has 6 nitrogen and oxygen atoms in total. The molecule has 0 aliphatic rings. The molecule has 4 aromatic rings. The Hall–Kier alpha value is -1.88. The lowest BCUT2D eigenvalue weighted by molar-refractivity contribution is 0.578. The number of halogens is 3. The van der Waals surface area contributed by atoms with Crippen molar-refractivity contribution < 1.29 is 8.42 Å². The average Bonchev–Trinajstić information content (AvgIpc) is 3.21. The molecule has 0 saturated heterocycles. The maximum Gasteiger partial charge on any atom is 0.240 e. The first-order valence-electron chi connectivity index (χ1n) is 10.1. The standard InChI is InChI=1S/C23H19BrCl2N4O2S2/c1-15-3-2-4-16(11-15)14-33-23-29-28-22(30(23)21-12-18(25)7-10-20(21)26)13-27-34(31,32)19-8-5-17(24)6-9-19/h2-12,27H,13-14H2,1H3. The molecule has 0 fully saturated rings. The van der Waals surface area contributed by atoms with Crippen molar-refractivity contribution >= 4 is 60.9 Å². The molecule has 176 valence electrons. The van der Waals surface area contributed by atoms with E-state index < -0.39 is 10.0 Å². The maximum absolute atomic E-state index is 12.8. The van der Waals surface area contributed by atoms with E-state index in [0.29, 0.717) is 32.5 Å². The van der Waals surface area contributed by atoms with Gasteiger partial charge in [-0.1, -0.05) is 80.7 Å². The van der Waals surface area contributed by atoms with Gasteiger partial charge in [0.15, 0.2) is 11.0 Å². The number of nitrogens with zero attached hydrogens (tertiary/aromatic N) is 3. The van der Waals surface area contributed by atoms with Crippen LogP contribution in [0.5, 0.6) is 0 Å². The molecule has 0 atom stereocenters. The van der Waals surface area contributed by atoms with E-state index in [2.05, 4.69) is 36.9 Å². The van der Waals surface area contributed by atoms with Gasteiger partial charge in [-0.15, -0.1) is 10.2 Å². The third-order valence-electron chi connectivity index (χ3n) is 4.84. The Morgan fingerprint density at radius 1 is 1.03 bits per heavy atom. The van der Waals surface area contributed by atoms with Gasteiger partial charge in [0.05, 0.1) is 22.2 Å². The Morgan fingerprint density at radius 3 is 2.53 bits per heavy atom. The summed E-state index contributed by atoms with van der Waals surface area (Å²) in [7, 11) is -3.76. The SMILES string of the molecule is Cc1cccc(CSc2nnc(CNS(=O)(=O)c3ccc(Br)cc3)n2-c2cc(Cl)ccc2Cl)c1. The number of benzene rings is 3. The molecule has 0 spiro atoms. The summed E-state index contributed by atoms with van der Waals surface area (Å²) in [5, 5.41) is 10.1. The highest BCUT2D eigenvalue weighted by Crippen LogP contribution is 2.31. The van der Waals surface area contributed by atoms with Gasteiger partial charge in [0, 0.05) is 15.2 Å². The van der Waals surface area contributed by atoms with Gasteiger partial charge in [0.2, 0.25) is 10.0 Å². The van der Waals surface area contributed by atoms with E-state index in [9.17, 15) is 8.42 Å². The fourth-order valence-corrected chi connectivity index (χ4v) is 5.73. The first-order chi connectivity index (χ1) is 16.2. The summed E-state index contributed by atoms with van der Waals surface area (Å²) in [6.45, 7) is 1.96. The monoisotopic (exact) mass is 596 g/mol. The van der Waals surface area contributed by atoms with E-state index in [1.54, 1.807) is 34.9 Å². The van der Waals surface area contributed by atoms with Crippen LogP contribution in [0.15, 0.2) is 81.3 Å². The maximum atomic E-state index is 12.8. The third-order valence-corrected chi connectivity index (χ3v) is 8.34. The van der Waals surface area contributed by atoms with Crippen molar-refractivity contribution in [2.75, 3.05) is 0 Å². The van der Waals surface area contributed by atoms with Crippen molar-refractivity contribution in [3.8, 4) is 5.69 Å². The van der Waals surface area contributed by atoms with Gasteiger partial charge in [-0.25, -0.2) is 13.1 Å². The van der Waals surface area contributed by atoms with E-state index in [1.165, 1.54) is 29.5 Å². The topological polar surface area (TPSA) is 76.9 Å². The van der Waals surface area contributed by atoms with Crippen LogP contribution in [-0.2, 0) is 22.3 Å². The minimum Gasteiger partial charge on any atom is -0.271 e. The number of rotatable bonds is 8. The van der Waals surface area contributed by atoms with Crippen LogP contribution in [0.3, 0.4) is 0 Å². The zero-order valence-corrected chi connectivity index (χ0v) is 22.6. The van der Waals surface area contributed by atoms with Gasteiger partial charge < -0.3 is 0 Å². The first kappa shape index (κ1) is 25.2. The molecule has 0 aliphatic heterocycles. The molecule has 0 unspecified atom stereocenters. The van der Waals surface area contributed by atoms with Crippen molar-refractivity contribution in [3.05, 3.63) is 98.2 Å².